The van der Waals surface area contributed by atoms with Gasteiger partial charge >= 0.3 is 6.09 Å². The SMILES string of the molecule is CCCCOc1c(N(C)C(=O)O)n(CC(C)C)c(=O)c2ccc(C(N)=NO)cc12. The van der Waals surface area contributed by atoms with E-state index in [0.717, 1.165) is 17.7 Å². The minimum Gasteiger partial charge on any atom is -0.489 e. The average Bonchev–Trinajstić information content (AvgIpc) is 2.69. The number of rotatable bonds is 8. The van der Waals surface area contributed by atoms with Crippen molar-refractivity contribution in [2.75, 3.05) is 18.6 Å². The molecule has 0 radical (unpaired) electrons. The number of hydrogen-bond donors (Lipinski definition) is 3. The monoisotopic (exact) mass is 404 g/mol. The fraction of sp³-hybridized carbons (Fsp3) is 0.450. The number of nitrogens with zero attached hydrogens (tertiary/aromatic N) is 3. The Balaban J connectivity index is 2.93. The van der Waals surface area contributed by atoms with E-state index in [1.165, 1.54) is 11.6 Å². The maximum atomic E-state index is 13.2. The number of amidine groups is 1. The Morgan fingerprint density at radius 1 is 1.34 bits per heavy atom. The number of oxime groups is 1. The second-order valence-corrected chi connectivity index (χ2v) is 7.25. The topological polar surface area (TPSA) is 130 Å². The van der Waals surface area contributed by atoms with Crippen LogP contribution in [0.3, 0.4) is 0 Å². The van der Waals surface area contributed by atoms with Crippen LogP contribution in [0.5, 0.6) is 5.75 Å². The van der Waals surface area contributed by atoms with Crippen molar-refractivity contribution in [2.24, 2.45) is 16.8 Å². The number of benzene rings is 1. The normalized spacial score (nSPS) is 11.8. The van der Waals surface area contributed by atoms with Gasteiger partial charge < -0.3 is 20.8 Å². The standard InChI is InChI=1S/C20H28N4O5/c1-5-6-9-29-16-15-10-13(17(21)22-28)7-8-14(15)19(25)24(11-12(2)3)18(16)23(4)20(26)27/h7-8,10,12,28H,5-6,9,11H2,1-4H3,(H2,21,22)(H,26,27). The molecule has 0 unspecified atom stereocenters. The molecule has 2 aromatic rings. The molecule has 1 heterocycles. The molecule has 0 aliphatic carbocycles. The maximum absolute atomic E-state index is 13.2. The van der Waals surface area contributed by atoms with Crippen LogP contribution in [-0.4, -0.2) is 40.5 Å². The lowest BCUT2D eigenvalue weighted by atomic mass is 10.1. The first-order chi connectivity index (χ1) is 13.7. The van der Waals surface area contributed by atoms with E-state index < -0.39 is 6.09 Å². The molecule has 0 saturated heterocycles. The first-order valence-electron chi connectivity index (χ1n) is 9.50. The van der Waals surface area contributed by atoms with Gasteiger partial charge in [-0.05, 0) is 24.5 Å². The first-order valence-corrected chi connectivity index (χ1v) is 9.50. The summed E-state index contributed by atoms with van der Waals surface area (Å²) in [6.45, 7) is 6.59. The molecule has 9 nitrogen and oxygen atoms in total. The number of carboxylic acid groups (broad SMARTS) is 1. The third kappa shape index (κ3) is 4.61. The molecule has 4 N–H and O–H groups in total. The summed E-state index contributed by atoms with van der Waals surface area (Å²) in [4.78, 5) is 26.0. The fourth-order valence-electron chi connectivity index (χ4n) is 3.04. The molecule has 0 saturated carbocycles. The van der Waals surface area contributed by atoms with Crippen molar-refractivity contribution in [3.63, 3.8) is 0 Å². The number of ether oxygens (including phenoxy) is 1. The lowest BCUT2D eigenvalue weighted by Crippen LogP contribution is -2.34. The van der Waals surface area contributed by atoms with Crippen LogP contribution in [0.25, 0.3) is 10.8 Å². The highest BCUT2D eigenvalue weighted by Crippen LogP contribution is 2.35. The van der Waals surface area contributed by atoms with Gasteiger partial charge in [-0.15, -0.1) is 0 Å². The smallest absolute Gasteiger partial charge is 0.412 e. The molecule has 1 aromatic heterocycles. The summed E-state index contributed by atoms with van der Waals surface area (Å²) in [6, 6.07) is 4.74. The van der Waals surface area contributed by atoms with Gasteiger partial charge in [0.2, 0.25) is 0 Å². The molecule has 0 aliphatic heterocycles. The van der Waals surface area contributed by atoms with E-state index in [9.17, 15) is 14.7 Å². The predicted octanol–water partition coefficient (Wildman–Crippen LogP) is 3.05. The highest BCUT2D eigenvalue weighted by molar-refractivity contribution is 6.03. The van der Waals surface area contributed by atoms with Crippen LogP contribution < -0.4 is 20.9 Å². The Morgan fingerprint density at radius 2 is 2.03 bits per heavy atom. The predicted molar refractivity (Wildman–Crippen MR) is 112 cm³/mol. The van der Waals surface area contributed by atoms with Gasteiger partial charge in [0.25, 0.3) is 5.56 Å². The zero-order valence-electron chi connectivity index (χ0n) is 17.2. The number of amides is 1. The van der Waals surface area contributed by atoms with Gasteiger partial charge in [0.05, 0.1) is 12.0 Å². The molecule has 2 rings (SSSR count). The third-order valence-electron chi connectivity index (χ3n) is 4.50. The van der Waals surface area contributed by atoms with Crippen LogP contribution in [0.4, 0.5) is 10.6 Å². The van der Waals surface area contributed by atoms with Crippen molar-refractivity contribution in [1.82, 2.24) is 4.57 Å². The van der Waals surface area contributed by atoms with E-state index in [4.69, 9.17) is 15.7 Å². The molecule has 0 fully saturated rings. The zero-order chi connectivity index (χ0) is 21.7. The molecule has 0 atom stereocenters. The molecule has 1 amide bonds. The number of pyridine rings is 1. The Bertz CT molecular complexity index is 981. The van der Waals surface area contributed by atoms with Gasteiger partial charge in [0.1, 0.15) is 0 Å². The number of carbonyl (C=O) groups is 1. The molecular weight excluding hydrogens is 376 g/mol. The van der Waals surface area contributed by atoms with Crippen molar-refractivity contribution in [1.29, 1.82) is 0 Å². The van der Waals surface area contributed by atoms with Crippen LogP contribution in [0.1, 0.15) is 39.2 Å². The van der Waals surface area contributed by atoms with Gasteiger partial charge in [-0.1, -0.05) is 38.4 Å². The molecule has 1 aromatic carbocycles. The van der Waals surface area contributed by atoms with Crippen LogP contribution in [-0.2, 0) is 6.54 Å². The average molecular weight is 404 g/mol. The van der Waals surface area contributed by atoms with Gasteiger partial charge in [0, 0.05) is 24.5 Å². The molecule has 0 bridgehead atoms. The summed E-state index contributed by atoms with van der Waals surface area (Å²) in [5.41, 5.74) is 5.77. The van der Waals surface area contributed by atoms with Crippen LogP contribution in [0, 0.1) is 5.92 Å². The lowest BCUT2D eigenvalue weighted by molar-refractivity contribution is 0.202. The molecular formula is C20H28N4O5. The highest BCUT2D eigenvalue weighted by Gasteiger charge is 2.25. The fourth-order valence-corrected chi connectivity index (χ4v) is 3.04. The van der Waals surface area contributed by atoms with E-state index in [2.05, 4.69) is 5.16 Å². The number of unbranched alkanes of at least 4 members (excludes halogenated alkanes) is 1. The van der Waals surface area contributed by atoms with Crippen molar-refractivity contribution in [3.05, 3.63) is 34.1 Å². The summed E-state index contributed by atoms with van der Waals surface area (Å²) in [5, 5.41) is 22.4. The van der Waals surface area contributed by atoms with Crippen molar-refractivity contribution < 1.29 is 19.8 Å². The van der Waals surface area contributed by atoms with Gasteiger partial charge in [-0.2, -0.15) is 0 Å². The second-order valence-electron chi connectivity index (χ2n) is 7.25. The van der Waals surface area contributed by atoms with Gasteiger partial charge in [-0.25, -0.2) is 4.79 Å². The van der Waals surface area contributed by atoms with Crippen LogP contribution >= 0.6 is 0 Å². The van der Waals surface area contributed by atoms with E-state index in [0.29, 0.717) is 29.5 Å². The first kappa shape index (κ1) is 22.1. The number of fused-ring (bicyclic) bond motifs is 1. The second kappa shape index (κ2) is 9.31. The minimum absolute atomic E-state index is 0.103. The number of hydrogen-bond acceptors (Lipinski definition) is 5. The number of anilines is 1. The van der Waals surface area contributed by atoms with Gasteiger partial charge in [-0.3, -0.25) is 14.3 Å². The third-order valence-corrected chi connectivity index (χ3v) is 4.50. The number of aromatic nitrogens is 1. The van der Waals surface area contributed by atoms with E-state index in [-0.39, 0.29) is 28.9 Å². The Kier molecular flexibility index (Phi) is 7.08. The lowest BCUT2D eigenvalue weighted by Gasteiger charge is -2.25. The summed E-state index contributed by atoms with van der Waals surface area (Å²) >= 11 is 0. The summed E-state index contributed by atoms with van der Waals surface area (Å²) in [6.07, 6.45) is 0.443. The van der Waals surface area contributed by atoms with Crippen molar-refractivity contribution in [3.8, 4) is 5.75 Å². The maximum Gasteiger partial charge on any atom is 0.412 e. The quantitative estimate of drug-likeness (QED) is 0.204. The highest BCUT2D eigenvalue weighted by atomic mass is 16.5. The Hall–Kier alpha value is -3.23. The molecule has 29 heavy (non-hydrogen) atoms. The Labute approximate surface area is 169 Å². The minimum atomic E-state index is -1.21. The van der Waals surface area contributed by atoms with E-state index in [1.807, 2.05) is 20.8 Å². The number of nitrogens with two attached hydrogens (primary N) is 1. The largest absolute Gasteiger partial charge is 0.489 e. The molecule has 0 spiro atoms. The summed E-state index contributed by atoms with van der Waals surface area (Å²) in [7, 11) is 1.37. The van der Waals surface area contributed by atoms with Gasteiger partial charge in [0.15, 0.2) is 17.4 Å². The zero-order valence-corrected chi connectivity index (χ0v) is 17.2. The molecule has 0 aliphatic rings. The van der Waals surface area contributed by atoms with Crippen LogP contribution in [0.2, 0.25) is 0 Å². The summed E-state index contributed by atoms with van der Waals surface area (Å²) < 4.78 is 7.44. The van der Waals surface area contributed by atoms with Crippen molar-refractivity contribution in [2.45, 2.75) is 40.2 Å². The molecule has 9 heteroatoms. The van der Waals surface area contributed by atoms with E-state index in [1.54, 1.807) is 18.2 Å². The molecule has 158 valence electrons. The van der Waals surface area contributed by atoms with Crippen molar-refractivity contribution >= 4 is 28.5 Å². The Morgan fingerprint density at radius 3 is 2.59 bits per heavy atom. The summed E-state index contributed by atoms with van der Waals surface area (Å²) in [5.74, 6) is 0.430. The van der Waals surface area contributed by atoms with Crippen LogP contribution in [0.15, 0.2) is 28.1 Å². The van der Waals surface area contributed by atoms with E-state index >= 15 is 0 Å².